The number of benzene rings is 2. The SMILES string of the molecule is CC(C)(C)[C@@H]1[C@@H](NCc2cc(S(C)(=O)=O)ccc2O)[C@@H](c2ccccc2)N(C(=O)C2CCCCC2)[C@H]1C(=O)O. The Morgan fingerprint density at radius 3 is 2.23 bits per heavy atom. The van der Waals surface area contributed by atoms with Crippen LogP contribution < -0.4 is 5.32 Å². The first-order chi connectivity index (χ1) is 18.3. The summed E-state index contributed by atoms with van der Waals surface area (Å²) in [6.45, 7) is 6.07. The van der Waals surface area contributed by atoms with Gasteiger partial charge in [0, 0.05) is 36.2 Å². The molecule has 0 radical (unpaired) electrons. The van der Waals surface area contributed by atoms with Crippen LogP contribution >= 0.6 is 0 Å². The molecule has 1 saturated carbocycles. The summed E-state index contributed by atoms with van der Waals surface area (Å²) >= 11 is 0. The van der Waals surface area contributed by atoms with Gasteiger partial charge in [-0.3, -0.25) is 4.79 Å². The summed E-state index contributed by atoms with van der Waals surface area (Å²) in [5, 5.41) is 24.6. The van der Waals surface area contributed by atoms with E-state index in [9.17, 15) is 28.2 Å². The lowest BCUT2D eigenvalue weighted by molar-refractivity contribution is -0.154. The lowest BCUT2D eigenvalue weighted by Gasteiger charge is -2.36. The average molecular weight is 557 g/mol. The number of aromatic hydroxyl groups is 1. The fraction of sp³-hybridized carbons (Fsp3) is 0.533. The van der Waals surface area contributed by atoms with Gasteiger partial charge in [0.05, 0.1) is 10.9 Å². The molecular weight excluding hydrogens is 516 g/mol. The first-order valence-electron chi connectivity index (χ1n) is 13.7. The van der Waals surface area contributed by atoms with Crippen molar-refractivity contribution in [3.63, 3.8) is 0 Å². The molecule has 1 aliphatic heterocycles. The molecule has 9 heteroatoms. The molecule has 1 saturated heterocycles. The highest BCUT2D eigenvalue weighted by atomic mass is 32.2. The van der Waals surface area contributed by atoms with Crippen LogP contribution in [-0.2, 0) is 26.0 Å². The van der Waals surface area contributed by atoms with Gasteiger partial charge in [-0.1, -0.05) is 70.4 Å². The lowest BCUT2D eigenvalue weighted by Crippen LogP contribution is -2.49. The third-order valence-electron chi connectivity index (χ3n) is 8.28. The molecule has 212 valence electrons. The monoisotopic (exact) mass is 556 g/mol. The van der Waals surface area contributed by atoms with E-state index in [4.69, 9.17) is 0 Å². The van der Waals surface area contributed by atoms with Gasteiger partial charge in [-0.2, -0.15) is 0 Å². The highest BCUT2D eigenvalue weighted by Crippen LogP contribution is 2.49. The molecule has 1 amide bonds. The highest BCUT2D eigenvalue weighted by molar-refractivity contribution is 7.90. The van der Waals surface area contributed by atoms with E-state index >= 15 is 0 Å². The molecule has 39 heavy (non-hydrogen) atoms. The first-order valence-corrected chi connectivity index (χ1v) is 15.5. The number of hydrogen-bond acceptors (Lipinski definition) is 6. The molecule has 1 heterocycles. The van der Waals surface area contributed by atoms with Crippen molar-refractivity contribution < 1.29 is 28.2 Å². The second-order valence-electron chi connectivity index (χ2n) is 12.1. The van der Waals surface area contributed by atoms with Crippen molar-refractivity contribution in [3.8, 4) is 5.75 Å². The zero-order valence-corrected chi connectivity index (χ0v) is 23.9. The fourth-order valence-electron chi connectivity index (χ4n) is 6.45. The number of carbonyl (C=O) groups excluding carboxylic acids is 1. The Balaban J connectivity index is 1.81. The summed E-state index contributed by atoms with van der Waals surface area (Å²) in [7, 11) is -3.49. The van der Waals surface area contributed by atoms with Crippen molar-refractivity contribution in [1.29, 1.82) is 0 Å². The number of carboxylic acids is 1. The zero-order valence-electron chi connectivity index (χ0n) is 23.1. The molecule has 4 rings (SSSR count). The molecule has 0 bridgehead atoms. The normalized spacial score (nSPS) is 24.6. The van der Waals surface area contributed by atoms with E-state index in [-0.39, 0.29) is 29.0 Å². The average Bonchev–Trinajstić information content (AvgIpc) is 3.24. The number of phenols is 1. The Morgan fingerprint density at radius 2 is 1.67 bits per heavy atom. The van der Waals surface area contributed by atoms with E-state index in [1.807, 2.05) is 51.1 Å². The van der Waals surface area contributed by atoms with Gasteiger partial charge in [0.2, 0.25) is 5.91 Å². The summed E-state index contributed by atoms with van der Waals surface area (Å²) in [5.41, 5.74) is 0.735. The number of aliphatic carboxylic acids is 1. The van der Waals surface area contributed by atoms with Gasteiger partial charge in [-0.05, 0) is 42.0 Å². The van der Waals surface area contributed by atoms with Crippen LogP contribution in [-0.4, -0.2) is 53.7 Å². The van der Waals surface area contributed by atoms with Crippen molar-refractivity contribution in [3.05, 3.63) is 59.7 Å². The van der Waals surface area contributed by atoms with Crippen LogP contribution in [0.25, 0.3) is 0 Å². The maximum absolute atomic E-state index is 14.1. The largest absolute Gasteiger partial charge is 0.508 e. The van der Waals surface area contributed by atoms with Crippen molar-refractivity contribution >= 4 is 21.7 Å². The Morgan fingerprint density at radius 1 is 1.03 bits per heavy atom. The van der Waals surface area contributed by atoms with Gasteiger partial charge >= 0.3 is 5.97 Å². The molecule has 4 atom stereocenters. The minimum atomic E-state index is -3.49. The van der Waals surface area contributed by atoms with Crippen LogP contribution in [0.1, 0.15) is 70.0 Å². The molecule has 0 unspecified atom stereocenters. The third kappa shape index (κ3) is 6.14. The molecule has 0 spiro atoms. The van der Waals surface area contributed by atoms with Crippen molar-refractivity contribution in [2.75, 3.05) is 6.26 Å². The summed E-state index contributed by atoms with van der Waals surface area (Å²) in [6.07, 6.45) is 5.62. The fourth-order valence-corrected chi connectivity index (χ4v) is 7.12. The first kappa shape index (κ1) is 29.1. The van der Waals surface area contributed by atoms with Crippen molar-refractivity contribution in [2.45, 2.75) is 82.4 Å². The molecule has 1 aliphatic carbocycles. The molecule has 2 aliphatic rings. The molecule has 2 aromatic rings. The van der Waals surface area contributed by atoms with Crippen molar-refractivity contribution in [1.82, 2.24) is 10.2 Å². The van der Waals surface area contributed by atoms with Crippen LogP contribution in [0.3, 0.4) is 0 Å². The quantitative estimate of drug-likeness (QED) is 0.458. The number of carboxylic acid groups (broad SMARTS) is 1. The summed E-state index contributed by atoms with van der Waals surface area (Å²) in [4.78, 5) is 28.8. The second-order valence-corrected chi connectivity index (χ2v) is 14.1. The van der Waals surface area contributed by atoms with Crippen LogP contribution in [0.2, 0.25) is 0 Å². The van der Waals surface area contributed by atoms with Gasteiger partial charge in [-0.25, -0.2) is 13.2 Å². The lowest BCUT2D eigenvalue weighted by atomic mass is 9.72. The van der Waals surface area contributed by atoms with Gasteiger partial charge < -0.3 is 20.4 Å². The van der Waals surface area contributed by atoms with E-state index < -0.39 is 45.3 Å². The highest BCUT2D eigenvalue weighted by Gasteiger charge is 2.58. The van der Waals surface area contributed by atoms with Crippen LogP contribution in [0, 0.1) is 17.3 Å². The maximum Gasteiger partial charge on any atom is 0.326 e. The number of carbonyl (C=O) groups is 2. The van der Waals surface area contributed by atoms with E-state index in [0.717, 1.165) is 43.9 Å². The molecular formula is C30H40N2O6S. The van der Waals surface area contributed by atoms with Crippen LogP contribution in [0.4, 0.5) is 0 Å². The molecule has 2 fully saturated rings. The minimum Gasteiger partial charge on any atom is -0.508 e. The maximum atomic E-state index is 14.1. The molecule has 2 aromatic carbocycles. The molecule has 3 N–H and O–H groups in total. The smallest absolute Gasteiger partial charge is 0.326 e. The van der Waals surface area contributed by atoms with Crippen LogP contribution in [0.15, 0.2) is 53.4 Å². The number of nitrogens with one attached hydrogen (secondary N) is 1. The number of likely N-dealkylation sites (tertiary alicyclic amines) is 1. The number of nitrogens with zero attached hydrogens (tertiary/aromatic N) is 1. The number of phenolic OH excluding ortho intramolecular Hbond substituents is 1. The van der Waals surface area contributed by atoms with E-state index in [2.05, 4.69) is 5.32 Å². The minimum absolute atomic E-state index is 0.0543. The zero-order chi connectivity index (χ0) is 28.5. The predicted octanol–water partition coefficient (Wildman–Crippen LogP) is 4.53. The predicted molar refractivity (Wildman–Crippen MR) is 149 cm³/mol. The second kappa shape index (κ2) is 11.3. The van der Waals surface area contributed by atoms with E-state index in [0.29, 0.717) is 5.56 Å². The Kier molecular flexibility index (Phi) is 8.42. The number of amides is 1. The van der Waals surface area contributed by atoms with Gasteiger partial charge in [0.15, 0.2) is 9.84 Å². The Bertz CT molecular complexity index is 1300. The number of rotatable bonds is 7. The number of hydrogen-bond donors (Lipinski definition) is 3. The molecule has 8 nitrogen and oxygen atoms in total. The van der Waals surface area contributed by atoms with Crippen molar-refractivity contribution in [2.24, 2.45) is 17.3 Å². The van der Waals surface area contributed by atoms with Gasteiger partial charge in [-0.15, -0.1) is 0 Å². The van der Waals surface area contributed by atoms with E-state index in [1.165, 1.54) is 18.2 Å². The van der Waals surface area contributed by atoms with Gasteiger partial charge in [0.1, 0.15) is 11.8 Å². The Labute approximate surface area is 231 Å². The standard InChI is InChI=1S/C30H40N2O6S/c1-30(2,3)24-25(31-18-21-17-22(39(4,37)38)15-16-23(21)33)26(19-11-7-5-8-12-19)32(27(24)29(35)36)28(34)20-13-9-6-10-14-20/h5,7-8,11-12,15-17,20,24-27,31,33H,6,9-10,13-14,18H2,1-4H3,(H,35,36)/t24-,25-,26-,27-/m1/s1. The third-order valence-corrected chi connectivity index (χ3v) is 9.39. The van der Waals surface area contributed by atoms with Gasteiger partial charge in [0.25, 0.3) is 0 Å². The molecule has 0 aromatic heterocycles. The summed E-state index contributed by atoms with van der Waals surface area (Å²) in [6, 6.07) is 11.6. The summed E-state index contributed by atoms with van der Waals surface area (Å²) < 4.78 is 24.3. The topological polar surface area (TPSA) is 124 Å². The Hall–Kier alpha value is -2.91. The number of sulfone groups is 1. The van der Waals surface area contributed by atoms with Crippen LogP contribution in [0.5, 0.6) is 5.75 Å². The summed E-state index contributed by atoms with van der Waals surface area (Å²) in [5.74, 6) is -1.88. The van der Waals surface area contributed by atoms with E-state index in [1.54, 1.807) is 4.90 Å².